The highest BCUT2D eigenvalue weighted by Gasteiger charge is 2.22. The largest absolute Gasteiger partial charge is 0.491 e. The maximum atomic E-state index is 12.5. The van der Waals surface area contributed by atoms with Crippen LogP contribution in [0.3, 0.4) is 0 Å². The number of nitrogens with one attached hydrogen (secondary N) is 1. The number of hydrogen-bond acceptors (Lipinski definition) is 9. The number of aromatic nitrogens is 4. The second-order valence-electron chi connectivity index (χ2n) is 6.68. The number of anilines is 1. The first-order valence-corrected chi connectivity index (χ1v) is 11.3. The van der Waals surface area contributed by atoms with E-state index in [1.54, 1.807) is 24.3 Å². The van der Waals surface area contributed by atoms with Crippen LogP contribution in [0.4, 0.5) is 5.82 Å². The minimum atomic E-state index is -4.45. The number of fused-ring (bicyclic) bond motifs is 1. The SMILES string of the molecule is COCCOc1nc(N)c2[nH]c(=O)n(C[C@@H](COc3ccccc3)OCP(=O)(O)O)c2n1. The number of H-pyrrole nitrogens is 1. The van der Waals surface area contributed by atoms with E-state index in [1.807, 2.05) is 6.07 Å². The fourth-order valence-electron chi connectivity index (χ4n) is 2.75. The van der Waals surface area contributed by atoms with Gasteiger partial charge in [-0.25, -0.2) is 4.79 Å². The van der Waals surface area contributed by atoms with Crippen molar-refractivity contribution in [3.8, 4) is 11.8 Å². The zero-order valence-electron chi connectivity index (χ0n) is 17.2. The van der Waals surface area contributed by atoms with Crippen molar-refractivity contribution in [2.75, 3.05) is 39.0 Å². The van der Waals surface area contributed by atoms with Crippen LogP contribution >= 0.6 is 7.60 Å². The molecule has 0 bridgehead atoms. The Labute approximate surface area is 182 Å². The normalized spacial score (nSPS) is 12.7. The van der Waals surface area contributed by atoms with Crippen molar-refractivity contribution in [3.05, 3.63) is 40.8 Å². The highest BCUT2D eigenvalue weighted by Crippen LogP contribution is 2.34. The third kappa shape index (κ3) is 6.52. The number of para-hydroxylation sites is 1. The molecule has 174 valence electrons. The lowest BCUT2D eigenvalue weighted by Gasteiger charge is -2.19. The van der Waals surface area contributed by atoms with Crippen molar-refractivity contribution in [2.24, 2.45) is 0 Å². The molecule has 0 spiro atoms. The average molecular weight is 469 g/mol. The van der Waals surface area contributed by atoms with Gasteiger partial charge in [-0.1, -0.05) is 18.2 Å². The Morgan fingerprint density at radius 1 is 1.19 bits per heavy atom. The highest BCUT2D eigenvalue weighted by molar-refractivity contribution is 7.51. The van der Waals surface area contributed by atoms with Crippen LogP contribution in [0.5, 0.6) is 11.8 Å². The summed E-state index contributed by atoms with van der Waals surface area (Å²) in [6, 6.07) is 8.75. The monoisotopic (exact) mass is 469 g/mol. The molecule has 3 aromatic rings. The molecule has 2 heterocycles. The molecule has 14 heteroatoms. The molecule has 3 rings (SSSR count). The van der Waals surface area contributed by atoms with Crippen molar-refractivity contribution in [3.63, 3.8) is 0 Å². The summed E-state index contributed by atoms with van der Waals surface area (Å²) in [5.41, 5.74) is 5.72. The molecular formula is C18H24N5O8P. The third-order valence-corrected chi connectivity index (χ3v) is 4.68. The number of ether oxygens (including phenoxy) is 4. The Morgan fingerprint density at radius 3 is 2.62 bits per heavy atom. The van der Waals surface area contributed by atoms with Gasteiger partial charge in [-0.2, -0.15) is 9.97 Å². The first kappa shape index (κ1) is 23.7. The number of hydrogen-bond donors (Lipinski definition) is 4. The number of benzene rings is 1. The number of nitrogens with two attached hydrogens (primary N) is 1. The fraction of sp³-hybridized carbons (Fsp3) is 0.389. The predicted molar refractivity (Wildman–Crippen MR) is 114 cm³/mol. The summed E-state index contributed by atoms with van der Waals surface area (Å²) in [6.45, 7) is 0.270. The van der Waals surface area contributed by atoms with Gasteiger partial charge >= 0.3 is 19.3 Å². The van der Waals surface area contributed by atoms with Gasteiger partial charge in [0.25, 0.3) is 0 Å². The van der Waals surface area contributed by atoms with Gasteiger partial charge in [0.2, 0.25) is 0 Å². The number of imidazole rings is 1. The van der Waals surface area contributed by atoms with E-state index < -0.39 is 25.7 Å². The van der Waals surface area contributed by atoms with Crippen LogP contribution in [0.15, 0.2) is 35.1 Å². The molecule has 0 saturated carbocycles. The Bertz CT molecular complexity index is 1130. The summed E-state index contributed by atoms with van der Waals surface area (Å²) in [4.78, 5) is 41.7. The topological polar surface area (TPSA) is 184 Å². The summed E-state index contributed by atoms with van der Waals surface area (Å²) >= 11 is 0. The Kier molecular flexibility index (Phi) is 7.83. The van der Waals surface area contributed by atoms with Gasteiger partial charge in [-0.3, -0.25) is 9.13 Å². The molecule has 0 aliphatic heterocycles. The van der Waals surface area contributed by atoms with Crippen molar-refractivity contribution in [1.29, 1.82) is 0 Å². The molecule has 0 fully saturated rings. The Hall–Kier alpha value is -2.96. The molecule has 0 aliphatic rings. The molecule has 0 radical (unpaired) electrons. The molecule has 2 aromatic heterocycles. The fourth-order valence-corrected chi connectivity index (χ4v) is 3.15. The predicted octanol–water partition coefficient (Wildman–Crippen LogP) is 0.326. The summed E-state index contributed by atoms with van der Waals surface area (Å²) in [7, 11) is -2.93. The highest BCUT2D eigenvalue weighted by atomic mass is 31.2. The molecule has 0 unspecified atom stereocenters. The Balaban J connectivity index is 1.85. The minimum Gasteiger partial charge on any atom is -0.491 e. The van der Waals surface area contributed by atoms with Crippen LogP contribution in [0, 0.1) is 0 Å². The number of nitrogen functional groups attached to an aromatic ring is 1. The summed E-state index contributed by atoms with van der Waals surface area (Å²) in [6.07, 6.45) is -1.73. The molecule has 0 amide bonds. The standard InChI is InChI=1S/C18H24N5O8P/c1-28-7-8-29-17-21-15(19)14-16(22-17)23(18(24)20-14)9-13(31-11-32(25,26)27)10-30-12-5-3-2-4-6-12/h2-6,13H,7-11H2,1H3,(H,20,24)(H2,19,21,22)(H2,25,26,27)/t13-/m0/s1. The van der Waals surface area contributed by atoms with Gasteiger partial charge in [0.05, 0.1) is 13.2 Å². The minimum absolute atomic E-state index is 0.00601. The number of methoxy groups -OCH3 is 1. The van der Waals surface area contributed by atoms with Gasteiger partial charge in [-0.15, -0.1) is 0 Å². The van der Waals surface area contributed by atoms with Crippen molar-refractivity contribution >= 4 is 24.6 Å². The molecule has 5 N–H and O–H groups in total. The van der Waals surface area contributed by atoms with Crippen LogP contribution in [0.1, 0.15) is 0 Å². The average Bonchev–Trinajstić information content (AvgIpc) is 3.06. The molecular weight excluding hydrogens is 445 g/mol. The van der Waals surface area contributed by atoms with Gasteiger partial charge in [0.1, 0.15) is 36.9 Å². The van der Waals surface area contributed by atoms with E-state index in [0.29, 0.717) is 12.4 Å². The van der Waals surface area contributed by atoms with E-state index >= 15 is 0 Å². The van der Waals surface area contributed by atoms with Crippen molar-refractivity contribution < 1.29 is 33.3 Å². The van der Waals surface area contributed by atoms with E-state index in [2.05, 4.69) is 15.0 Å². The van der Waals surface area contributed by atoms with Crippen molar-refractivity contribution in [1.82, 2.24) is 19.5 Å². The summed E-state index contributed by atoms with van der Waals surface area (Å²) in [5, 5.41) is 0. The molecule has 0 saturated heterocycles. The van der Waals surface area contributed by atoms with E-state index in [9.17, 15) is 19.1 Å². The van der Waals surface area contributed by atoms with Crippen LogP contribution in [0.2, 0.25) is 0 Å². The van der Waals surface area contributed by atoms with Crippen LogP contribution < -0.4 is 20.9 Å². The molecule has 13 nitrogen and oxygen atoms in total. The first-order chi connectivity index (χ1) is 15.3. The van der Waals surface area contributed by atoms with Gasteiger partial charge in [-0.05, 0) is 12.1 Å². The maximum Gasteiger partial charge on any atom is 0.350 e. The second-order valence-corrected chi connectivity index (χ2v) is 8.27. The van der Waals surface area contributed by atoms with Crippen LogP contribution in [0.25, 0.3) is 11.2 Å². The number of rotatable bonds is 12. The van der Waals surface area contributed by atoms with Crippen LogP contribution in [-0.2, 0) is 20.6 Å². The quantitative estimate of drug-likeness (QED) is 0.212. The Morgan fingerprint density at radius 2 is 1.94 bits per heavy atom. The lowest BCUT2D eigenvalue weighted by molar-refractivity contribution is 0.0272. The van der Waals surface area contributed by atoms with E-state index in [-0.39, 0.29) is 42.8 Å². The lowest BCUT2D eigenvalue weighted by Crippen LogP contribution is -2.32. The van der Waals surface area contributed by atoms with Gasteiger partial charge in [0, 0.05) is 7.11 Å². The van der Waals surface area contributed by atoms with Gasteiger partial charge < -0.3 is 39.5 Å². The number of nitrogens with zero attached hydrogens (tertiary/aromatic N) is 3. The van der Waals surface area contributed by atoms with Crippen LogP contribution in [-0.4, -0.2) is 68.7 Å². The van der Waals surface area contributed by atoms with E-state index in [0.717, 1.165) is 0 Å². The molecule has 32 heavy (non-hydrogen) atoms. The van der Waals surface area contributed by atoms with E-state index in [4.69, 9.17) is 24.7 Å². The van der Waals surface area contributed by atoms with E-state index in [1.165, 1.54) is 11.7 Å². The zero-order valence-corrected chi connectivity index (χ0v) is 18.1. The summed E-state index contributed by atoms with van der Waals surface area (Å²) in [5.74, 6) is 0.537. The molecule has 0 aliphatic carbocycles. The van der Waals surface area contributed by atoms with Gasteiger partial charge in [0.15, 0.2) is 11.5 Å². The number of aromatic amines is 1. The lowest BCUT2D eigenvalue weighted by atomic mass is 10.3. The summed E-state index contributed by atoms with van der Waals surface area (Å²) < 4.78 is 33.8. The van der Waals surface area contributed by atoms with Crippen molar-refractivity contribution in [2.45, 2.75) is 12.6 Å². The first-order valence-electron chi connectivity index (χ1n) is 9.48. The maximum absolute atomic E-state index is 12.5. The zero-order chi connectivity index (χ0) is 23.1. The molecule has 1 aromatic carbocycles. The smallest absolute Gasteiger partial charge is 0.350 e. The molecule has 1 atom stereocenters. The third-order valence-electron chi connectivity index (χ3n) is 4.19. The second kappa shape index (κ2) is 10.6.